The Balaban J connectivity index is 1.95. The standard InChI is InChI=1S/C18H17NO3/c1-3-21-18(20)12(2)14-9-10-15-16(11-14)22-17(19-15)13-7-5-4-6-8-13/h4-12H,3H2,1-2H3/t12-/m0/s1. The van der Waals surface area contributed by atoms with Gasteiger partial charge in [-0.2, -0.15) is 0 Å². The smallest absolute Gasteiger partial charge is 0.313 e. The molecular weight excluding hydrogens is 278 g/mol. The molecule has 0 bridgehead atoms. The second-order valence-corrected chi connectivity index (χ2v) is 5.09. The summed E-state index contributed by atoms with van der Waals surface area (Å²) < 4.78 is 10.9. The van der Waals surface area contributed by atoms with E-state index < -0.39 is 0 Å². The summed E-state index contributed by atoms with van der Waals surface area (Å²) in [6.07, 6.45) is 0. The third kappa shape index (κ3) is 2.72. The SMILES string of the molecule is CCOC(=O)[C@@H](C)c1ccc2nc(-c3ccccc3)oc2c1. The van der Waals surface area contributed by atoms with Gasteiger partial charge in [0.25, 0.3) is 0 Å². The number of rotatable bonds is 4. The highest BCUT2D eigenvalue weighted by molar-refractivity contribution is 5.82. The molecule has 1 aromatic heterocycles. The Morgan fingerprint density at radius 2 is 2.00 bits per heavy atom. The molecule has 3 aromatic rings. The zero-order chi connectivity index (χ0) is 15.5. The maximum Gasteiger partial charge on any atom is 0.313 e. The molecule has 1 heterocycles. The van der Waals surface area contributed by atoms with Crippen LogP contribution in [0, 0.1) is 0 Å². The predicted molar refractivity (Wildman–Crippen MR) is 84.5 cm³/mol. The summed E-state index contributed by atoms with van der Waals surface area (Å²) in [7, 11) is 0. The third-order valence-electron chi connectivity index (χ3n) is 3.57. The van der Waals surface area contributed by atoms with Gasteiger partial charge in [0.1, 0.15) is 5.52 Å². The molecule has 0 aliphatic heterocycles. The van der Waals surface area contributed by atoms with Gasteiger partial charge in [-0.15, -0.1) is 0 Å². The summed E-state index contributed by atoms with van der Waals surface area (Å²) in [4.78, 5) is 16.3. The molecule has 0 fully saturated rings. The molecule has 0 N–H and O–H groups in total. The van der Waals surface area contributed by atoms with Gasteiger partial charge in [-0.1, -0.05) is 24.3 Å². The van der Waals surface area contributed by atoms with E-state index in [9.17, 15) is 4.79 Å². The summed E-state index contributed by atoms with van der Waals surface area (Å²) in [6, 6.07) is 15.4. The van der Waals surface area contributed by atoms with Crippen LogP contribution >= 0.6 is 0 Å². The molecule has 4 heteroatoms. The summed E-state index contributed by atoms with van der Waals surface area (Å²) in [5.41, 5.74) is 3.24. The number of carbonyl (C=O) groups excluding carboxylic acids is 1. The Bertz CT molecular complexity index is 792. The summed E-state index contributed by atoms with van der Waals surface area (Å²) in [5.74, 6) is 0.0239. The van der Waals surface area contributed by atoms with Crippen LogP contribution in [-0.4, -0.2) is 17.6 Å². The number of carbonyl (C=O) groups is 1. The first kappa shape index (κ1) is 14.3. The van der Waals surface area contributed by atoms with E-state index >= 15 is 0 Å². The number of benzene rings is 2. The molecule has 0 amide bonds. The van der Waals surface area contributed by atoms with Crippen LogP contribution in [0.25, 0.3) is 22.6 Å². The Hall–Kier alpha value is -2.62. The van der Waals surface area contributed by atoms with E-state index in [1.165, 1.54) is 0 Å². The first-order chi connectivity index (χ1) is 10.7. The van der Waals surface area contributed by atoms with Crippen molar-refractivity contribution in [3.63, 3.8) is 0 Å². The van der Waals surface area contributed by atoms with Crippen molar-refractivity contribution in [3.05, 3.63) is 54.1 Å². The molecular formula is C18H17NO3. The van der Waals surface area contributed by atoms with Crippen molar-refractivity contribution in [1.29, 1.82) is 0 Å². The molecule has 0 radical (unpaired) electrons. The van der Waals surface area contributed by atoms with E-state index in [1.54, 1.807) is 6.92 Å². The van der Waals surface area contributed by atoms with Gasteiger partial charge in [0.2, 0.25) is 5.89 Å². The third-order valence-corrected chi connectivity index (χ3v) is 3.57. The molecule has 0 aliphatic rings. The maximum atomic E-state index is 11.8. The molecule has 1 atom stereocenters. The summed E-state index contributed by atoms with van der Waals surface area (Å²) in [5, 5.41) is 0. The Kier molecular flexibility index (Phi) is 3.92. The molecule has 0 unspecified atom stereocenters. The number of aromatic nitrogens is 1. The summed E-state index contributed by atoms with van der Waals surface area (Å²) in [6.45, 7) is 4.01. The molecule has 4 nitrogen and oxygen atoms in total. The highest BCUT2D eigenvalue weighted by atomic mass is 16.5. The average Bonchev–Trinajstić information content (AvgIpc) is 2.98. The van der Waals surface area contributed by atoms with Crippen molar-refractivity contribution < 1.29 is 13.9 Å². The van der Waals surface area contributed by atoms with Crippen LogP contribution in [-0.2, 0) is 9.53 Å². The fourth-order valence-electron chi connectivity index (χ4n) is 2.32. The van der Waals surface area contributed by atoms with Gasteiger partial charge < -0.3 is 9.15 Å². The molecule has 22 heavy (non-hydrogen) atoms. The van der Waals surface area contributed by atoms with Gasteiger partial charge in [0.05, 0.1) is 12.5 Å². The first-order valence-corrected chi connectivity index (χ1v) is 7.31. The second-order valence-electron chi connectivity index (χ2n) is 5.09. The van der Waals surface area contributed by atoms with Crippen molar-refractivity contribution in [1.82, 2.24) is 4.98 Å². The minimum Gasteiger partial charge on any atom is -0.466 e. The molecule has 0 spiro atoms. The van der Waals surface area contributed by atoms with E-state index in [4.69, 9.17) is 9.15 Å². The minimum absolute atomic E-state index is 0.232. The van der Waals surface area contributed by atoms with E-state index in [2.05, 4.69) is 4.98 Å². The second kappa shape index (κ2) is 6.02. The zero-order valence-corrected chi connectivity index (χ0v) is 12.6. The lowest BCUT2D eigenvalue weighted by Crippen LogP contribution is -2.12. The molecule has 2 aromatic carbocycles. The minimum atomic E-state index is -0.324. The molecule has 0 aliphatic carbocycles. The van der Waals surface area contributed by atoms with Crippen LogP contribution in [0.15, 0.2) is 52.9 Å². The van der Waals surface area contributed by atoms with Crippen molar-refractivity contribution in [2.24, 2.45) is 0 Å². The number of nitrogens with zero attached hydrogens (tertiary/aromatic N) is 1. The quantitative estimate of drug-likeness (QED) is 0.678. The van der Waals surface area contributed by atoms with Crippen LogP contribution in [0.5, 0.6) is 0 Å². The van der Waals surface area contributed by atoms with Crippen molar-refractivity contribution in [2.45, 2.75) is 19.8 Å². The van der Waals surface area contributed by atoms with Gasteiger partial charge in [0.15, 0.2) is 5.58 Å². The molecule has 112 valence electrons. The highest BCUT2D eigenvalue weighted by Crippen LogP contribution is 2.27. The van der Waals surface area contributed by atoms with Gasteiger partial charge in [-0.3, -0.25) is 4.79 Å². The number of fused-ring (bicyclic) bond motifs is 1. The number of oxazole rings is 1. The van der Waals surface area contributed by atoms with Gasteiger partial charge >= 0.3 is 5.97 Å². The number of ether oxygens (including phenoxy) is 1. The fourth-order valence-corrected chi connectivity index (χ4v) is 2.32. The molecule has 3 rings (SSSR count). The van der Waals surface area contributed by atoms with E-state index in [-0.39, 0.29) is 11.9 Å². The lowest BCUT2D eigenvalue weighted by molar-refractivity contribution is -0.144. The molecule has 0 saturated carbocycles. The Morgan fingerprint density at radius 3 is 2.73 bits per heavy atom. The van der Waals surface area contributed by atoms with Crippen molar-refractivity contribution in [2.75, 3.05) is 6.61 Å². The van der Waals surface area contributed by atoms with Crippen LogP contribution in [0.3, 0.4) is 0 Å². The van der Waals surface area contributed by atoms with Crippen LogP contribution < -0.4 is 0 Å². The van der Waals surface area contributed by atoms with E-state index in [0.717, 1.165) is 16.6 Å². The van der Waals surface area contributed by atoms with E-state index in [1.807, 2.05) is 55.5 Å². The lowest BCUT2D eigenvalue weighted by atomic mass is 10.0. The normalized spacial score (nSPS) is 12.3. The van der Waals surface area contributed by atoms with E-state index in [0.29, 0.717) is 18.1 Å². The Labute approximate surface area is 128 Å². The number of hydrogen-bond acceptors (Lipinski definition) is 4. The monoisotopic (exact) mass is 295 g/mol. The maximum absolute atomic E-state index is 11.8. The van der Waals surface area contributed by atoms with Crippen molar-refractivity contribution in [3.8, 4) is 11.5 Å². The fraction of sp³-hybridized carbons (Fsp3) is 0.222. The number of esters is 1. The topological polar surface area (TPSA) is 52.3 Å². The van der Waals surface area contributed by atoms with Crippen LogP contribution in [0.1, 0.15) is 25.3 Å². The molecule has 0 saturated heterocycles. The summed E-state index contributed by atoms with van der Waals surface area (Å²) >= 11 is 0. The first-order valence-electron chi connectivity index (χ1n) is 7.31. The van der Waals surface area contributed by atoms with Crippen LogP contribution in [0.2, 0.25) is 0 Å². The average molecular weight is 295 g/mol. The van der Waals surface area contributed by atoms with Gasteiger partial charge in [-0.05, 0) is 43.7 Å². The van der Waals surface area contributed by atoms with Gasteiger partial charge in [0, 0.05) is 5.56 Å². The lowest BCUT2D eigenvalue weighted by Gasteiger charge is -2.10. The van der Waals surface area contributed by atoms with Gasteiger partial charge in [-0.25, -0.2) is 4.98 Å². The van der Waals surface area contributed by atoms with Crippen LogP contribution in [0.4, 0.5) is 0 Å². The number of hydrogen-bond donors (Lipinski definition) is 0. The predicted octanol–water partition coefficient (Wildman–Crippen LogP) is 4.16. The highest BCUT2D eigenvalue weighted by Gasteiger charge is 2.18. The van der Waals surface area contributed by atoms with Crippen molar-refractivity contribution >= 4 is 17.1 Å². The largest absolute Gasteiger partial charge is 0.466 e. The Morgan fingerprint density at radius 1 is 1.23 bits per heavy atom. The zero-order valence-electron chi connectivity index (χ0n) is 12.6.